The first-order valence-corrected chi connectivity index (χ1v) is 7.11. The minimum Gasteiger partial charge on any atom is -0.454 e. The Hall–Kier alpha value is -2.21. The lowest BCUT2D eigenvalue weighted by molar-refractivity contribution is 0.102. The number of amides is 1. The molecule has 1 aliphatic rings. The first-order chi connectivity index (χ1) is 10.1. The molecule has 0 unspecified atom stereocenters. The van der Waals surface area contributed by atoms with Gasteiger partial charge in [-0.25, -0.2) is 0 Å². The molecule has 0 spiro atoms. The van der Waals surface area contributed by atoms with Crippen molar-refractivity contribution in [3.05, 3.63) is 45.9 Å². The van der Waals surface area contributed by atoms with Crippen molar-refractivity contribution < 1.29 is 14.3 Å². The maximum atomic E-state index is 12.4. The smallest absolute Gasteiger partial charge is 0.256 e. The van der Waals surface area contributed by atoms with Crippen molar-refractivity contribution >= 4 is 33.2 Å². The summed E-state index contributed by atoms with van der Waals surface area (Å²) in [6, 6.07) is 8.81. The Bertz CT molecular complexity index is 731. The highest BCUT2D eigenvalue weighted by molar-refractivity contribution is 9.10. The third-order valence-electron chi connectivity index (χ3n) is 3.23. The average Bonchev–Trinajstić information content (AvgIpc) is 2.89. The van der Waals surface area contributed by atoms with E-state index in [-0.39, 0.29) is 12.7 Å². The molecule has 0 saturated carbocycles. The minimum absolute atomic E-state index is 0.162. The number of hydrogen-bond acceptors (Lipinski definition) is 4. The van der Waals surface area contributed by atoms with Gasteiger partial charge in [0.05, 0.1) is 16.9 Å². The molecule has 3 N–H and O–H groups in total. The normalized spacial score (nSPS) is 12.3. The summed E-state index contributed by atoms with van der Waals surface area (Å²) < 4.78 is 11.3. The molecule has 2 aromatic rings. The Morgan fingerprint density at radius 1 is 1.29 bits per heavy atom. The molecular formula is C15H13BrN2O3. The molecule has 108 valence electrons. The fourth-order valence-electron chi connectivity index (χ4n) is 2.08. The Labute approximate surface area is 130 Å². The van der Waals surface area contributed by atoms with Gasteiger partial charge in [0.1, 0.15) is 0 Å². The monoisotopic (exact) mass is 348 g/mol. The molecule has 0 aliphatic carbocycles. The topological polar surface area (TPSA) is 73.6 Å². The zero-order chi connectivity index (χ0) is 15.0. The first-order valence-electron chi connectivity index (χ1n) is 6.32. The van der Waals surface area contributed by atoms with Gasteiger partial charge in [0.15, 0.2) is 11.5 Å². The van der Waals surface area contributed by atoms with Crippen LogP contribution >= 0.6 is 15.9 Å². The van der Waals surface area contributed by atoms with Crippen LogP contribution in [0.4, 0.5) is 11.4 Å². The largest absolute Gasteiger partial charge is 0.454 e. The number of hydrogen-bond donors (Lipinski definition) is 2. The maximum Gasteiger partial charge on any atom is 0.256 e. The summed E-state index contributed by atoms with van der Waals surface area (Å²) >= 11 is 3.43. The van der Waals surface area contributed by atoms with Crippen molar-refractivity contribution in [1.29, 1.82) is 0 Å². The molecule has 0 aromatic heterocycles. The van der Waals surface area contributed by atoms with E-state index in [2.05, 4.69) is 21.2 Å². The number of carbonyl (C=O) groups excluding carboxylic acids is 1. The third kappa shape index (κ3) is 2.54. The Kier molecular flexibility index (Phi) is 3.47. The van der Waals surface area contributed by atoms with Gasteiger partial charge in [-0.05, 0) is 34.5 Å². The molecule has 1 heterocycles. The second-order valence-electron chi connectivity index (χ2n) is 4.68. The predicted octanol–water partition coefficient (Wildman–Crippen LogP) is 3.32. The van der Waals surface area contributed by atoms with Gasteiger partial charge >= 0.3 is 0 Å². The van der Waals surface area contributed by atoms with Crippen LogP contribution in [0.25, 0.3) is 0 Å². The van der Waals surface area contributed by atoms with E-state index in [9.17, 15) is 4.79 Å². The Morgan fingerprint density at radius 3 is 2.76 bits per heavy atom. The van der Waals surface area contributed by atoms with Crippen molar-refractivity contribution in [2.24, 2.45) is 0 Å². The van der Waals surface area contributed by atoms with E-state index in [0.29, 0.717) is 28.4 Å². The van der Waals surface area contributed by atoms with Crippen LogP contribution in [0.1, 0.15) is 15.9 Å². The van der Waals surface area contributed by atoms with Crippen molar-refractivity contribution in [3.63, 3.8) is 0 Å². The van der Waals surface area contributed by atoms with E-state index >= 15 is 0 Å². The average molecular weight is 349 g/mol. The van der Waals surface area contributed by atoms with Crippen LogP contribution in [0, 0.1) is 6.92 Å². The molecular weight excluding hydrogens is 336 g/mol. The zero-order valence-corrected chi connectivity index (χ0v) is 12.9. The molecule has 1 aliphatic heterocycles. The van der Waals surface area contributed by atoms with E-state index in [4.69, 9.17) is 15.2 Å². The summed E-state index contributed by atoms with van der Waals surface area (Å²) in [7, 11) is 0. The lowest BCUT2D eigenvalue weighted by Gasteiger charge is -2.11. The van der Waals surface area contributed by atoms with Crippen molar-refractivity contribution in [1.82, 2.24) is 0 Å². The number of halogens is 1. The zero-order valence-electron chi connectivity index (χ0n) is 11.3. The number of nitrogens with two attached hydrogens (primary N) is 1. The summed E-state index contributed by atoms with van der Waals surface area (Å²) in [4.78, 5) is 12.4. The van der Waals surface area contributed by atoms with E-state index in [1.165, 1.54) is 0 Å². The number of fused-ring (bicyclic) bond motifs is 1. The summed E-state index contributed by atoms with van der Waals surface area (Å²) in [6.07, 6.45) is 0. The standard InChI is InChI=1S/C15H13BrN2O3/c1-8-3-2-4-9(14(8)16)15(19)18-11-6-13-12(5-10(11)17)20-7-21-13/h2-6H,7,17H2,1H3,(H,18,19). The molecule has 0 radical (unpaired) electrons. The maximum absolute atomic E-state index is 12.4. The third-order valence-corrected chi connectivity index (χ3v) is 4.28. The molecule has 5 nitrogen and oxygen atoms in total. The van der Waals surface area contributed by atoms with Gasteiger partial charge < -0.3 is 20.5 Å². The van der Waals surface area contributed by atoms with E-state index in [1.54, 1.807) is 18.2 Å². The molecule has 0 fully saturated rings. The molecule has 0 bridgehead atoms. The van der Waals surface area contributed by atoms with Gasteiger partial charge in [0.25, 0.3) is 5.91 Å². The molecule has 1 amide bonds. The lowest BCUT2D eigenvalue weighted by atomic mass is 10.1. The van der Waals surface area contributed by atoms with Gasteiger partial charge in [-0.1, -0.05) is 12.1 Å². The van der Waals surface area contributed by atoms with Crippen LogP contribution in [0.2, 0.25) is 0 Å². The van der Waals surface area contributed by atoms with Crippen LogP contribution < -0.4 is 20.5 Å². The minimum atomic E-state index is -0.240. The number of carbonyl (C=O) groups is 1. The second-order valence-corrected chi connectivity index (χ2v) is 5.48. The molecule has 0 saturated heterocycles. The van der Waals surface area contributed by atoms with E-state index < -0.39 is 0 Å². The fourth-order valence-corrected chi connectivity index (χ4v) is 2.52. The van der Waals surface area contributed by atoms with Gasteiger partial charge in [-0.3, -0.25) is 4.79 Å². The van der Waals surface area contributed by atoms with Crippen LogP contribution in [0.15, 0.2) is 34.8 Å². The summed E-state index contributed by atoms with van der Waals surface area (Å²) in [5.74, 6) is 0.918. The van der Waals surface area contributed by atoms with Crippen LogP contribution in [0.5, 0.6) is 11.5 Å². The fraction of sp³-hybridized carbons (Fsp3) is 0.133. The van der Waals surface area contributed by atoms with Crippen molar-refractivity contribution in [2.75, 3.05) is 17.8 Å². The summed E-state index contributed by atoms with van der Waals surface area (Å²) in [5.41, 5.74) is 8.39. The number of nitrogens with one attached hydrogen (secondary N) is 1. The molecule has 3 rings (SSSR count). The Balaban J connectivity index is 1.90. The number of rotatable bonds is 2. The second kappa shape index (κ2) is 5.29. The summed E-state index contributed by atoms with van der Waals surface area (Å²) in [6.45, 7) is 2.09. The quantitative estimate of drug-likeness (QED) is 0.816. The SMILES string of the molecule is Cc1cccc(C(=O)Nc2cc3c(cc2N)OCO3)c1Br. The predicted molar refractivity (Wildman–Crippen MR) is 83.8 cm³/mol. The highest BCUT2D eigenvalue weighted by atomic mass is 79.9. The van der Waals surface area contributed by atoms with E-state index in [1.807, 2.05) is 19.1 Å². The van der Waals surface area contributed by atoms with Gasteiger partial charge in [0.2, 0.25) is 6.79 Å². The van der Waals surface area contributed by atoms with Crippen LogP contribution in [-0.2, 0) is 0 Å². The number of aryl methyl sites for hydroxylation is 1. The van der Waals surface area contributed by atoms with Gasteiger partial charge in [0, 0.05) is 16.6 Å². The number of nitrogen functional groups attached to an aromatic ring is 1. The number of anilines is 2. The van der Waals surface area contributed by atoms with Crippen molar-refractivity contribution in [3.8, 4) is 11.5 Å². The first kappa shape index (κ1) is 13.8. The Morgan fingerprint density at radius 2 is 2.00 bits per heavy atom. The van der Waals surface area contributed by atoms with Crippen LogP contribution in [-0.4, -0.2) is 12.7 Å². The van der Waals surface area contributed by atoms with Gasteiger partial charge in [-0.15, -0.1) is 0 Å². The number of benzene rings is 2. The highest BCUT2D eigenvalue weighted by Crippen LogP contribution is 2.38. The summed E-state index contributed by atoms with van der Waals surface area (Å²) in [5, 5.41) is 2.79. The van der Waals surface area contributed by atoms with Gasteiger partial charge in [-0.2, -0.15) is 0 Å². The molecule has 6 heteroatoms. The molecule has 2 aromatic carbocycles. The molecule has 0 atom stereocenters. The molecule has 21 heavy (non-hydrogen) atoms. The van der Waals surface area contributed by atoms with Crippen molar-refractivity contribution in [2.45, 2.75) is 6.92 Å². The highest BCUT2D eigenvalue weighted by Gasteiger charge is 2.18. The number of ether oxygens (including phenoxy) is 2. The van der Waals surface area contributed by atoms with E-state index in [0.717, 1.165) is 10.0 Å². The lowest BCUT2D eigenvalue weighted by Crippen LogP contribution is -2.14. The van der Waals surface area contributed by atoms with Crippen LogP contribution in [0.3, 0.4) is 0 Å².